The average molecular weight is 359 g/mol. The van der Waals surface area contributed by atoms with Crippen LogP contribution in [0, 0.1) is 0 Å². The SMILES string of the molecule is CCCCCOC(=O)N[C@@H](C)C(=O)N[C@@H](CCCN=C(N)N)C(=O)O. The minimum atomic E-state index is -1.17. The third kappa shape index (κ3) is 11.6. The van der Waals surface area contributed by atoms with E-state index in [9.17, 15) is 14.4 Å². The van der Waals surface area contributed by atoms with Crippen LogP contribution in [0.2, 0.25) is 0 Å². The largest absolute Gasteiger partial charge is 0.480 e. The smallest absolute Gasteiger partial charge is 0.407 e. The number of carbonyl (C=O) groups excluding carboxylic acids is 2. The first kappa shape index (κ1) is 22.5. The molecule has 2 atom stereocenters. The maximum atomic E-state index is 12.0. The Labute approximate surface area is 147 Å². The van der Waals surface area contributed by atoms with Gasteiger partial charge in [-0.25, -0.2) is 9.59 Å². The fourth-order valence-corrected chi connectivity index (χ4v) is 1.86. The van der Waals surface area contributed by atoms with Crippen LogP contribution in [0.25, 0.3) is 0 Å². The lowest BCUT2D eigenvalue weighted by molar-refractivity contribution is -0.142. The Bertz CT molecular complexity index is 465. The molecule has 0 aromatic carbocycles. The fraction of sp³-hybridized carbons (Fsp3) is 0.733. The van der Waals surface area contributed by atoms with E-state index in [0.29, 0.717) is 6.42 Å². The first-order valence-corrected chi connectivity index (χ1v) is 8.29. The third-order valence-corrected chi connectivity index (χ3v) is 3.27. The fourth-order valence-electron chi connectivity index (χ4n) is 1.86. The van der Waals surface area contributed by atoms with Gasteiger partial charge in [0.1, 0.15) is 12.1 Å². The van der Waals surface area contributed by atoms with Crippen LogP contribution in [0.5, 0.6) is 0 Å². The molecule has 0 fully saturated rings. The second-order valence-electron chi connectivity index (χ2n) is 5.56. The Morgan fingerprint density at radius 2 is 1.84 bits per heavy atom. The van der Waals surface area contributed by atoms with Crippen molar-refractivity contribution >= 4 is 23.9 Å². The number of ether oxygens (including phenoxy) is 1. The Kier molecular flexibility index (Phi) is 11.6. The first-order valence-electron chi connectivity index (χ1n) is 8.29. The molecule has 0 saturated heterocycles. The topological polar surface area (TPSA) is 169 Å². The summed E-state index contributed by atoms with van der Waals surface area (Å²) >= 11 is 0. The van der Waals surface area contributed by atoms with Crippen molar-refractivity contribution < 1.29 is 24.2 Å². The number of nitrogens with zero attached hydrogens (tertiary/aromatic N) is 1. The summed E-state index contributed by atoms with van der Waals surface area (Å²) < 4.78 is 4.93. The molecule has 10 nitrogen and oxygen atoms in total. The molecule has 0 aromatic rings. The van der Waals surface area contributed by atoms with Crippen LogP contribution in [0.1, 0.15) is 46.0 Å². The number of alkyl carbamates (subject to hydrolysis) is 1. The van der Waals surface area contributed by atoms with E-state index in [4.69, 9.17) is 21.3 Å². The molecule has 0 aliphatic heterocycles. The molecule has 0 spiro atoms. The van der Waals surface area contributed by atoms with Gasteiger partial charge in [0.05, 0.1) is 6.61 Å². The lowest BCUT2D eigenvalue weighted by Gasteiger charge is -2.18. The predicted octanol–water partition coefficient (Wildman–Crippen LogP) is -0.0857. The molecule has 7 N–H and O–H groups in total. The zero-order chi connectivity index (χ0) is 19.2. The van der Waals surface area contributed by atoms with E-state index in [1.165, 1.54) is 6.92 Å². The highest BCUT2D eigenvalue weighted by atomic mass is 16.5. The molecule has 0 saturated carbocycles. The lowest BCUT2D eigenvalue weighted by atomic mass is 10.1. The molecule has 0 heterocycles. The van der Waals surface area contributed by atoms with E-state index in [2.05, 4.69) is 15.6 Å². The number of nitrogens with one attached hydrogen (secondary N) is 2. The summed E-state index contributed by atoms with van der Waals surface area (Å²) in [6, 6.07) is -2.01. The summed E-state index contributed by atoms with van der Waals surface area (Å²) in [7, 11) is 0. The second-order valence-corrected chi connectivity index (χ2v) is 5.56. The van der Waals surface area contributed by atoms with Gasteiger partial charge in [-0.05, 0) is 26.2 Å². The van der Waals surface area contributed by atoms with Crippen LogP contribution in [0.4, 0.5) is 4.79 Å². The summed E-state index contributed by atoms with van der Waals surface area (Å²) in [4.78, 5) is 38.5. The number of aliphatic imine (C=N–C) groups is 1. The van der Waals surface area contributed by atoms with Crippen molar-refractivity contribution in [1.82, 2.24) is 10.6 Å². The molecule has 10 heteroatoms. The molecule has 0 radical (unpaired) electrons. The molecule has 0 aromatic heterocycles. The Morgan fingerprint density at radius 3 is 2.40 bits per heavy atom. The second kappa shape index (κ2) is 12.8. The molecule has 25 heavy (non-hydrogen) atoms. The number of guanidine groups is 1. The van der Waals surface area contributed by atoms with E-state index in [1.54, 1.807) is 0 Å². The van der Waals surface area contributed by atoms with Crippen LogP contribution in [0.3, 0.4) is 0 Å². The van der Waals surface area contributed by atoms with E-state index >= 15 is 0 Å². The van der Waals surface area contributed by atoms with E-state index in [0.717, 1.165) is 19.3 Å². The van der Waals surface area contributed by atoms with Crippen molar-refractivity contribution in [2.45, 2.75) is 58.0 Å². The van der Waals surface area contributed by atoms with Crippen LogP contribution in [-0.4, -0.2) is 54.3 Å². The summed E-state index contributed by atoms with van der Waals surface area (Å²) in [5.41, 5.74) is 10.4. The van der Waals surface area contributed by atoms with E-state index in [-0.39, 0.29) is 25.5 Å². The van der Waals surface area contributed by atoms with Crippen molar-refractivity contribution in [2.24, 2.45) is 16.5 Å². The summed E-state index contributed by atoms with van der Waals surface area (Å²) in [6.45, 7) is 4.01. The van der Waals surface area contributed by atoms with Gasteiger partial charge in [0.25, 0.3) is 0 Å². The van der Waals surface area contributed by atoms with Gasteiger partial charge in [-0.3, -0.25) is 9.79 Å². The molecule has 0 bridgehead atoms. The van der Waals surface area contributed by atoms with Gasteiger partial charge >= 0.3 is 12.1 Å². The number of aliphatic carboxylic acids is 1. The summed E-state index contributed by atoms with van der Waals surface area (Å²) in [6.07, 6.45) is 2.54. The monoisotopic (exact) mass is 359 g/mol. The highest BCUT2D eigenvalue weighted by Gasteiger charge is 2.23. The average Bonchev–Trinajstić information content (AvgIpc) is 2.53. The Hall–Kier alpha value is -2.52. The van der Waals surface area contributed by atoms with Crippen LogP contribution < -0.4 is 22.1 Å². The molecule has 0 unspecified atom stereocenters. The zero-order valence-corrected chi connectivity index (χ0v) is 14.8. The third-order valence-electron chi connectivity index (χ3n) is 3.27. The Balaban J connectivity index is 4.27. The van der Waals surface area contributed by atoms with Gasteiger partial charge in [0.15, 0.2) is 5.96 Å². The number of rotatable bonds is 12. The quantitative estimate of drug-likeness (QED) is 0.184. The van der Waals surface area contributed by atoms with Crippen LogP contribution >= 0.6 is 0 Å². The summed E-state index contributed by atoms with van der Waals surface area (Å²) in [5.74, 6) is -1.86. The number of hydrogen-bond acceptors (Lipinski definition) is 5. The minimum Gasteiger partial charge on any atom is -0.480 e. The van der Waals surface area contributed by atoms with Gasteiger partial charge < -0.3 is 31.9 Å². The van der Waals surface area contributed by atoms with E-state index < -0.39 is 30.1 Å². The highest BCUT2D eigenvalue weighted by molar-refractivity contribution is 5.88. The number of carbonyl (C=O) groups is 3. The molecule has 144 valence electrons. The van der Waals surface area contributed by atoms with Crippen molar-refractivity contribution in [3.8, 4) is 0 Å². The normalized spacial score (nSPS) is 12.6. The Morgan fingerprint density at radius 1 is 1.16 bits per heavy atom. The molecule has 2 amide bonds. The molecule has 0 aliphatic rings. The van der Waals surface area contributed by atoms with Crippen LogP contribution in [0.15, 0.2) is 4.99 Å². The minimum absolute atomic E-state index is 0.0776. The lowest BCUT2D eigenvalue weighted by Crippen LogP contribution is -2.50. The van der Waals surface area contributed by atoms with Crippen molar-refractivity contribution in [3.05, 3.63) is 0 Å². The maximum absolute atomic E-state index is 12.0. The number of unbranched alkanes of at least 4 members (excludes halogenated alkanes) is 2. The predicted molar refractivity (Wildman–Crippen MR) is 92.9 cm³/mol. The first-order chi connectivity index (χ1) is 11.8. The van der Waals surface area contributed by atoms with Crippen molar-refractivity contribution in [2.75, 3.05) is 13.2 Å². The molecular weight excluding hydrogens is 330 g/mol. The number of carboxylic acid groups (broad SMARTS) is 1. The number of amides is 2. The van der Waals surface area contributed by atoms with Gasteiger partial charge in [-0.15, -0.1) is 0 Å². The number of carboxylic acids is 1. The van der Waals surface area contributed by atoms with Crippen LogP contribution in [-0.2, 0) is 14.3 Å². The van der Waals surface area contributed by atoms with Gasteiger partial charge in [-0.1, -0.05) is 19.8 Å². The van der Waals surface area contributed by atoms with E-state index in [1.807, 2.05) is 6.92 Å². The maximum Gasteiger partial charge on any atom is 0.407 e. The highest BCUT2D eigenvalue weighted by Crippen LogP contribution is 2.00. The molecular formula is C15H29N5O5. The summed E-state index contributed by atoms with van der Waals surface area (Å²) in [5, 5.41) is 13.9. The number of nitrogens with two attached hydrogens (primary N) is 2. The molecule has 0 aliphatic carbocycles. The van der Waals surface area contributed by atoms with Crippen molar-refractivity contribution in [3.63, 3.8) is 0 Å². The van der Waals surface area contributed by atoms with Crippen molar-refractivity contribution in [1.29, 1.82) is 0 Å². The molecule has 0 rings (SSSR count). The standard InChI is InChI=1S/C15H29N5O5/c1-3-4-5-9-25-15(24)19-10(2)12(21)20-11(13(22)23)7-6-8-18-14(16)17/h10-11H,3-9H2,1-2H3,(H,19,24)(H,20,21)(H,22,23)(H4,16,17,18)/t10-,11-/m0/s1. The number of hydrogen-bond donors (Lipinski definition) is 5. The zero-order valence-electron chi connectivity index (χ0n) is 14.8. The van der Waals surface area contributed by atoms with Gasteiger partial charge in [0.2, 0.25) is 5.91 Å². The van der Waals surface area contributed by atoms with Gasteiger partial charge in [0, 0.05) is 6.54 Å². The van der Waals surface area contributed by atoms with Gasteiger partial charge in [-0.2, -0.15) is 0 Å².